The highest BCUT2D eigenvalue weighted by molar-refractivity contribution is 7.79. The maximum atomic E-state index is 11.3. The van der Waals surface area contributed by atoms with Crippen molar-refractivity contribution in [3.63, 3.8) is 0 Å². The van der Waals surface area contributed by atoms with Gasteiger partial charge < -0.3 is 9.29 Å². The van der Waals surface area contributed by atoms with Crippen LogP contribution < -0.4 is 4.74 Å². The van der Waals surface area contributed by atoms with E-state index in [9.17, 15) is 8.76 Å². The van der Waals surface area contributed by atoms with E-state index in [4.69, 9.17) is 4.74 Å². The van der Waals surface area contributed by atoms with Gasteiger partial charge in [-0.1, -0.05) is 25.8 Å². The third-order valence-electron chi connectivity index (χ3n) is 3.05. The van der Waals surface area contributed by atoms with Crippen LogP contribution >= 0.6 is 0 Å². The van der Waals surface area contributed by atoms with E-state index in [-0.39, 0.29) is 0 Å². The molecule has 106 valence electrons. The number of ether oxygens (including phenoxy) is 1. The van der Waals surface area contributed by atoms with Gasteiger partial charge in [0.15, 0.2) is 11.1 Å². The highest BCUT2D eigenvalue weighted by Gasteiger charge is 2.13. The molecule has 0 aliphatic heterocycles. The van der Waals surface area contributed by atoms with Crippen LogP contribution in [0.2, 0.25) is 0 Å². The van der Waals surface area contributed by atoms with E-state index >= 15 is 0 Å². The van der Waals surface area contributed by atoms with Crippen molar-refractivity contribution in [2.24, 2.45) is 0 Å². The van der Waals surface area contributed by atoms with E-state index in [0.717, 1.165) is 36.1 Å². The fourth-order valence-corrected chi connectivity index (χ4v) is 2.59. The van der Waals surface area contributed by atoms with Crippen LogP contribution in [-0.2, 0) is 17.5 Å². The van der Waals surface area contributed by atoms with Crippen LogP contribution in [0.1, 0.15) is 37.3 Å². The lowest BCUT2D eigenvalue weighted by Crippen LogP contribution is -2.04. The Morgan fingerprint density at radius 2 is 2.16 bits per heavy atom. The first-order chi connectivity index (χ1) is 9.11. The number of rotatable bonds is 8. The molecule has 1 aromatic rings. The first kappa shape index (κ1) is 15.9. The second-order valence-electron chi connectivity index (χ2n) is 4.46. The minimum absolute atomic E-state index is 0.443. The summed E-state index contributed by atoms with van der Waals surface area (Å²) in [7, 11) is 0. The summed E-state index contributed by atoms with van der Waals surface area (Å²) in [6, 6.07) is 3.44. The highest BCUT2D eigenvalue weighted by Crippen LogP contribution is 2.27. The first-order valence-electron chi connectivity index (χ1n) is 6.58. The minimum atomic E-state index is -1.97. The van der Waals surface area contributed by atoms with Crippen molar-refractivity contribution < 1.29 is 13.5 Å². The summed E-state index contributed by atoms with van der Waals surface area (Å²) in [5.74, 6) is 0.794. The lowest BCUT2D eigenvalue weighted by Gasteiger charge is -2.14. The van der Waals surface area contributed by atoms with Crippen LogP contribution in [0, 0.1) is 6.92 Å². The molecule has 1 N–H and O–H groups in total. The molecular weight excluding hydrogens is 260 g/mol. The van der Waals surface area contributed by atoms with Gasteiger partial charge in [-0.25, -0.2) is 4.21 Å². The van der Waals surface area contributed by atoms with Gasteiger partial charge in [0.2, 0.25) is 0 Å². The Labute approximate surface area is 118 Å². The Morgan fingerprint density at radius 3 is 2.74 bits per heavy atom. The molecule has 0 saturated heterocycles. The molecule has 0 saturated carbocycles. The summed E-state index contributed by atoms with van der Waals surface area (Å²) in [5.41, 5.74) is 1.76. The fourth-order valence-electron chi connectivity index (χ4n) is 1.96. The zero-order valence-corrected chi connectivity index (χ0v) is 12.5. The summed E-state index contributed by atoms with van der Waals surface area (Å²) >= 11 is -1.97. The van der Waals surface area contributed by atoms with Gasteiger partial charge in [-0.05, 0) is 43.0 Å². The number of hydrogen-bond acceptors (Lipinski definition) is 2. The average Bonchev–Trinajstić information content (AvgIpc) is 2.38. The van der Waals surface area contributed by atoms with Crippen LogP contribution in [0.4, 0.5) is 0 Å². The topological polar surface area (TPSA) is 46.5 Å². The summed E-state index contributed by atoms with van der Waals surface area (Å²) < 4.78 is 26.3. The standard InChI is InChI=1S/C15H22O3S/c1-4-6-7-11-18-14-9-10-15(19(16)17)13(8-5-2)12(14)3/h5,9-10H,2,4,6-8,11H2,1,3H3,(H,16,17). The molecule has 0 aliphatic carbocycles. The molecule has 3 nitrogen and oxygen atoms in total. The van der Waals surface area contributed by atoms with Crippen LogP contribution in [-0.4, -0.2) is 15.4 Å². The van der Waals surface area contributed by atoms with Crippen molar-refractivity contribution >= 4 is 11.1 Å². The van der Waals surface area contributed by atoms with Gasteiger partial charge in [0.1, 0.15) is 5.75 Å². The third kappa shape index (κ3) is 4.48. The Hall–Kier alpha value is -1.13. The predicted molar refractivity (Wildman–Crippen MR) is 79.1 cm³/mol. The van der Waals surface area contributed by atoms with Crippen LogP contribution in [0.15, 0.2) is 29.7 Å². The molecule has 0 bridgehead atoms. The molecule has 1 unspecified atom stereocenters. The predicted octanol–water partition coefficient (Wildman–Crippen LogP) is 3.87. The van der Waals surface area contributed by atoms with Crippen molar-refractivity contribution in [2.45, 2.75) is 44.4 Å². The van der Waals surface area contributed by atoms with Crippen LogP contribution in [0.3, 0.4) is 0 Å². The van der Waals surface area contributed by atoms with E-state index in [2.05, 4.69) is 13.5 Å². The van der Waals surface area contributed by atoms with Gasteiger partial charge in [-0.2, -0.15) is 0 Å². The SMILES string of the molecule is C=CCc1c(S(=O)O)ccc(OCCCCC)c1C. The fraction of sp³-hybridized carbons (Fsp3) is 0.467. The molecule has 0 amide bonds. The van der Waals surface area contributed by atoms with E-state index in [1.54, 1.807) is 18.2 Å². The number of unbranched alkanes of at least 4 members (excludes halogenated alkanes) is 2. The van der Waals surface area contributed by atoms with Gasteiger partial charge in [0, 0.05) is 0 Å². The summed E-state index contributed by atoms with van der Waals surface area (Å²) in [5, 5.41) is 0. The van der Waals surface area contributed by atoms with Crippen molar-refractivity contribution in [3.8, 4) is 5.75 Å². The van der Waals surface area contributed by atoms with Crippen molar-refractivity contribution in [1.82, 2.24) is 0 Å². The number of allylic oxidation sites excluding steroid dienone is 1. The Kier molecular flexibility index (Phi) is 6.81. The smallest absolute Gasteiger partial charge is 0.186 e. The van der Waals surface area contributed by atoms with Gasteiger partial charge in [0.25, 0.3) is 0 Å². The Morgan fingerprint density at radius 1 is 1.42 bits per heavy atom. The largest absolute Gasteiger partial charge is 0.493 e. The zero-order chi connectivity index (χ0) is 14.3. The zero-order valence-electron chi connectivity index (χ0n) is 11.6. The lowest BCUT2D eigenvalue weighted by molar-refractivity contribution is 0.304. The molecule has 0 radical (unpaired) electrons. The molecule has 0 aromatic heterocycles. The second kappa shape index (κ2) is 8.12. The maximum absolute atomic E-state index is 11.3. The molecule has 0 fully saturated rings. The third-order valence-corrected chi connectivity index (χ3v) is 3.81. The van der Waals surface area contributed by atoms with E-state index < -0.39 is 11.1 Å². The van der Waals surface area contributed by atoms with E-state index in [1.165, 1.54) is 0 Å². The quantitative estimate of drug-likeness (QED) is 0.447. The number of benzene rings is 1. The summed E-state index contributed by atoms with van der Waals surface area (Å²) in [4.78, 5) is 0.443. The number of hydrogen-bond donors (Lipinski definition) is 1. The molecule has 1 aromatic carbocycles. The van der Waals surface area contributed by atoms with Crippen molar-refractivity contribution in [1.29, 1.82) is 0 Å². The lowest BCUT2D eigenvalue weighted by atomic mass is 10.0. The molecule has 4 heteroatoms. The average molecular weight is 282 g/mol. The molecule has 19 heavy (non-hydrogen) atoms. The van der Waals surface area contributed by atoms with E-state index in [0.29, 0.717) is 17.9 Å². The van der Waals surface area contributed by atoms with Crippen LogP contribution in [0.5, 0.6) is 5.75 Å². The normalized spacial score (nSPS) is 12.2. The maximum Gasteiger partial charge on any atom is 0.186 e. The molecule has 0 aliphatic rings. The Bertz CT molecular complexity index is 455. The first-order valence-corrected chi connectivity index (χ1v) is 7.69. The van der Waals surface area contributed by atoms with Crippen molar-refractivity contribution in [3.05, 3.63) is 35.9 Å². The van der Waals surface area contributed by atoms with E-state index in [1.807, 2.05) is 6.92 Å². The monoisotopic (exact) mass is 282 g/mol. The van der Waals surface area contributed by atoms with Gasteiger partial charge in [-0.15, -0.1) is 6.58 Å². The van der Waals surface area contributed by atoms with Crippen LogP contribution in [0.25, 0.3) is 0 Å². The van der Waals surface area contributed by atoms with Gasteiger partial charge in [-0.3, -0.25) is 0 Å². The summed E-state index contributed by atoms with van der Waals surface area (Å²) in [6.07, 6.45) is 5.64. The minimum Gasteiger partial charge on any atom is -0.493 e. The van der Waals surface area contributed by atoms with Gasteiger partial charge >= 0.3 is 0 Å². The highest BCUT2D eigenvalue weighted by atomic mass is 32.2. The van der Waals surface area contributed by atoms with Gasteiger partial charge in [0.05, 0.1) is 11.5 Å². The molecule has 1 atom stereocenters. The Balaban J connectivity index is 2.92. The molecule has 0 spiro atoms. The molecule has 0 heterocycles. The second-order valence-corrected chi connectivity index (χ2v) is 5.40. The molecular formula is C15H22O3S. The van der Waals surface area contributed by atoms with Crippen molar-refractivity contribution in [2.75, 3.05) is 6.61 Å². The molecule has 1 rings (SSSR count). The summed E-state index contributed by atoms with van der Waals surface area (Å²) in [6.45, 7) is 8.45.